The van der Waals surface area contributed by atoms with Crippen molar-refractivity contribution in [2.75, 3.05) is 7.11 Å². The van der Waals surface area contributed by atoms with E-state index in [4.69, 9.17) is 9.47 Å². The molecule has 1 aliphatic heterocycles. The maximum absolute atomic E-state index is 12.4. The normalized spacial score (nSPS) is 23.1. The zero-order chi connectivity index (χ0) is 13.3. The Balaban J connectivity index is 2.32. The van der Waals surface area contributed by atoms with Crippen molar-refractivity contribution in [3.8, 4) is 5.75 Å². The molecule has 0 aliphatic carbocycles. The van der Waals surface area contributed by atoms with E-state index in [-0.39, 0.29) is 18.0 Å². The fraction of sp³-hybridized carbons (Fsp3) is 0.500. The number of hydrogen-bond donors (Lipinski definition) is 0. The first kappa shape index (κ1) is 13.6. The topological polar surface area (TPSA) is 35.5 Å². The quantitative estimate of drug-likeness (QED) is 0.801. The van der Waals surface area contributed by atoms with Gasteiger partial charge >= 0.3 is 0 Å². The smallest absolute Gasteiger partial charge is 0.195 e. The first-order valence-corrected chi connectivity index (χ1v) is 6.86. The number of ether oxygens (including phenoxy) is 2. The van der Waals surface area contributed by atoms with Crippen molar-refractivity contribution in [1.82, 2.24) is 0 Å². The standard InChI is InChI=1S/C14H17BrO3/c1-8-6-13(17-3)10(7-11(8)15)14(16)12-5-4-9(2)18-12/h6-7,9,12H,4-5H2,1-3H3. The third-order valence-electron chi connectivity index (χ3n) is 3.27. The highest BCUT2D eigenvalue weighted by atomic mass is 79.9. The van der Waals surface area contributed by atoms with E-state index in [1.807, 2.05) is 26.0 Å². The largest absolute Gasteiger partial charge is 0.496 e. The van der Waals surface area contributed by atoms with Gasteiger partial charge in [0.1, 0.15) is 11.9 Å². The first-order chi connectivity index (χ1) is 8.52. The molecule has 1 aromatic carbocycles. The van der Waals surface area contributed by atoms with Gasteiger partial charge in [-0.3, -0.25) is 4.79 Å². The minimum absolute atomic E-state index is 0.0110. The van der Waals surface area contributed by atoms with Crippen molar-refractivity contribution in [1.29, 1.82) is 0 Å². The molecule has 1 fully saturated rings. The zero-order valence-electron chi connectivity index (χ0n) is 10.8. The van der Waals surface area contributed by atoms with E-state index in [0.29, 0.717) is 11.3 Å². The number of ketones is 1. The van der Waals surface area contributed by atoms with E-state index in [1.54, 1.807) is 7.11 Å². The molecule has 0 radical (unpaired) electrons. The van der Waals surface area contributed by atoms with Crippen LogP contribution in [0.1, 0.15) is 35.7 Å². The summed E-state index contributed by atoms with van der Waals surface area (Å²) < 4.78 is 11.8. The molecule has 0 N–H and O–H groups in total. The van der Waals surface area contributed by atoms with Gasteiger partial charge in [-0.25, -0.2) is 0 Å². The second-order valence-electron chi connectivity index (χ2n) is 4.68. The summed E-state index contributed by atoms with van der Waals surface area (Å²) >= 11 is 3.45. The Morgan fingerprint density at radius 1 is 1.44 bits per heavy atom. The Labute approximate surface area is 116 Å². The summed E-state index contributed by atoms with van der Waals surface area (Å²) in [5.74, 6) is 0.626. The summed E-state index contributed by atoms with van der Waals surface area (Å²) in [5.41, 5.74) is 1.64. The molecule has 1 saturated heterocycles. The number of Topliss-reactive ketones (excluding diaryl/α,β-unsaturated/α-hetero) is 1. The summed E-state index contributed by atoms with van der Waals surface area (Å²) in [6.07, 6.45) is 1.56. The number of halogens is 1. The van der Waals surface area contributed by atoms with Gasteiger partial charge in [-0.2, -0.15) is 0 Å². The fourth-order valence-corrected chi connectivity index (χ4v) is 2.53. The maximum Gasteiger partial charge on any atom is 0.195 e. The van der Waals surface area contributed by atoms with E-state index in [2.05, 4.69) is 15.9 Å². The van der Waals surface area contributed by atoms with Crippen LogP contribution in [0.2, 0.25) is 0 Å². The SMILES string of the molecule is COc1cc(C)c(Br)cc1C(=O)C1CCC(C)O1. The molecule has 1 heterocycles. The molecular formula is C14H17BrO3. The maximum atomic E-state index is 12.4. The van der Waals surface area contributed by atoms with Gasteiger partial charge in [0.2, 0.25) is 0 Å². The summed E-state index contributed by atoms with van der Waals surface area (Å²) in [4.78, 5) is 12.4. The lowest BCUT2D eigenvalue weighted by Crippen LogP contribution is -2.21. The highest BCUT2D eigenvalue weighted by Gasteiger charge is 2.30. The minimum atomic E-state index is -0.330. The number of methoxy groups -OCH3 is 1. The molecule has 0 aromatic heterocycles. The fourth-order valence-electron chi connectivity index (χ4n) is 2.19. The van der Waals surface area contributed by atoms with Crippen LogP contribution in [0.4, 0.5) is 0 Å². The number of carbonyl (C=O) groups excluding carboxylic acids is 1. The van der Waals surface area contributed by atoms with Crippen LogP contribution in [-0.2, 0) is 4.74 Å². The third kappa shape index (κ3) is 2.59. The average molecular weight is 313 g/mol. The van der Waals surface area contributed by atoms with Crippen LogP contribution in [0.15, 0.2) is 16.6 Å². The predicted octanol–water partition coefficient (Wildman–Crippen LogP) is 3.52. The lowest BCUT2D eigenvalue weighted by Gasteiger charge is -2.14. The van der Waals surface area contributed by atoms with Crippen molar-refractivity contribution in [2.45, 2.75) is 38.9 Å². The lowest BCUT2D eigenvalue weighted by atomic mass is 10.0. The molecule has 0 amide bonds. The van der Waals surface area contributed by atoms with Gasteiger partial charge in [0.15, 0.2) is 5.78 Å². The van der Waals surface area contributed by atoms with Crippen LogP contribution >= 0.6 is 15.9 Å². The number of aryl methyl sites for hydroxylation is 1. The molecule has 1 aliphatic rings. The summed E-state index contributed by atoms with van der Waals surface area (Å²) in [7, 11) is 1.58. The van der Waals surface area contributed by atoms with E-state index in [0.717, 1.165) is 22.9 Å². The van der Waals surface area contributed by atoms with Crippen LogP contribution in [0.3, 0.4) is 0 Å². The molecule has 1 aromatic rings. The zero-order valence-corrected chi connectivity index (χ0v) is 12.4. The van der Waals surface area contributed by atoms with E-state index in [9.17, 15) is 4.79 Å². The molecule has 18 heavy (non-hydrogen) atoms. The summed E-state index contributed by atoms with van der Waals surface area (Å²) in [6, 6.07) is 3.69. The molecule has 0 spiro atoms. The average Bonchev–Trinajstić information content (AvgIpc) is 2.78. The van der Waals surface area contributed by atoms with Gasteiger partial charge in [0, 0.05) is 4.47 Å². The Morgan fingerprint density at radius 3 is 2.72 bits per heavy atom. The van der Waals surface area contributed by atoms with Crippen LogP contribution < -0.4 is 4.74 Å². The highest BCUT2D eigenvalue weighted by Crippen LogP contribution is 2.31. The molecule has 0 saturated carbocycles. The van der Waals surface area contributed by atoms with Crippen molar-refractivity contribution in [3.63, 3.8) is 0 Å². The van der Waals surface area contributed by atoms with Crippen LogP contribution in [0.25, 0.3) is 0 Å². The minimum Gasteiger partial charge on any atom is -0.496 e. The van der Waals surface area contributed by atoms with Gasteiger partial charge in [0.25, 0.3) is 0 Å². The van der Waals surface area contributed by atoms with Crippen molar-refractivity contribution in [2.24, 2.45) is 0 Å². The Hall–Kier alpha value is -0.870. The van der Waals surface area contributed by atoms with Gasteiger partial charge < -0.3 is 9.47 Å². The van der Waals surface area contributed by atoms with Gasteiger partial charge in [-0.15, -0.1) is 0 Å². The predicted molar refractivity (Wildman–Crippen MR) is 73.3 cm³/mol. The first-order valence-electron chi connectivity index (χ1n) is 6.06. The monoisotopic (exact) mass is 312 g/mol. The highest BCUT2D eigenvalue weighted by molar-refractivity contribution is 9.10. The van der Waals surface area contributed by atoms with Gasteiger partial charge in [0.05, 0.1) is 18.8 Å². The van der Waals surface area contributed by atoms with Crippen molar-refractivity contribution in [3.05, 3.63) is 27.7 Å². The molecule has 0 bridgehead atoms. The summed E-state index contributed by atoms with van der Waals surface area (Å²) in [6.45, 7) is 3.96. The molecule has 2 rings (SSSR count). The second-order valence-corrected chi connectivity index (χ2v) is 5.53. The lowest BCUT2D eigenvalue weighted by molar-refractivity contribution is 0.0431. The van der Waals surface area contributed by atoms with Crippen LogP contribution in [0, 0.1) is 6.92 Å². The van der Waals surface area contributed by atoms with Crippen molar-refractivity contribution >= 4 is 21.7 Å². The Kier molecular flexibility index (Phi) is 4.07. The van der Waals surface area contributed by atoms with Crippen molar-refractivity contribution < 1.29 is 14.3 Å². The number of rotatable bonds is 3. The Bertz CT molecular complexity index is 470. The van der Waals surface area contributed by atoms with Crippen LogP contribution in [0.5, 0.6) is 5.75 Å². The van der Waals surface area contributed by atoms with Gasteiger partial charge in [-0.1, -0.05) is 15.9 Å². The number of hydrogen-bond acceptors (Lipinski definition) is 3. The Morgan fingerprint density at radius 2 is 2.17 bits per heavy atom. The third-order valence-corrected chi connectivity index (χ3v) is 4.12. The molecule has 2 atom stereocenters. The molecule has 98 valence electrons. The molecular weight excluding hydrogens is 296 g/mol. The van der Waals surface area contributed by atoms with E-state index < -0.39 is 0 Å². The number of carbonyl (C=O) groups is 1. The molecule has 4 heteroatoms. The molecule has 3 nitrogen and oxygen atoms in total. The number of benzene rings is 1. The second kappa shape index (κ2) is 5.41. The molecule has 2 unspecified atom stereocenters. The van der Waals surface area contributed by atoms with Crippen LogP contribution in [-0.4, -0.2) is 25.1 Å². The van der Waals surface area contributed by atoms with Gasteiger partial charge in [-0.05, 0) is 44.4 Å². The van der Waals surface area contributed by atoms with E-state index >= 15 is 0 Å². The van der Waals surface area contributed by atoms with E-state index in [1.165, 1.54) is 0 Å². The summed E-state index contributed by atoms with van der Waals surface area (Å²) in [5, 5.41) is 0.